The van der Waals surface area contributed by atoms with Crippen molar-refractivity contribution in [2.45, 2.75) is 32.3 Å². The van der Waals surface area contributed by atoms with Crippen LogP contribution in [0.2, 0.25) is 0 Å². The monoisotopic (exact) mass is 306 g/mol. The Kier molecular flexibility index (Phi) is 6.68. The van der Waals surface area contributed by atoms with Crippen LogP contribution >= 0.6 is 0 Å². The molecular weight excluding hydrogens is 280 g/mol. The average Bonchev–Trinajstić information content (AvgIpc) is 2.55. The van der Waals surface area contributed by atoms with Crippen LogP contribution in [-0.2, 0) is 15.9 Å². The summed E-state index contributed by atoms with van der Waals surface area (Å²) in [5.74, 6) is 0. The van der Waals surface area contributed by atoms with Gasteiger partial charge in [-0.1, -0.05) is 25.5 Å². The van der Waals surface area contributed by atoms with Crippen molar-refractivity contribution in [3.8, 4) is 0 Å². The highest BCUT2D eigenvalue weighted by molar-refractivity contribution is 5.89. The Labute approximate surface area is 132 Å². The van der Waals surface area contributed by atoms with Gasteiger partial charge in [-0.15, -0.1) is 0 Å². The van der Waals surface area contributed by atoms with Crippen LogP contribution in [0.3, 0.4) is 0 Å². The number of amides is 2. The third-order valence-electron chi connectivity index (χ3n) is 3.80. The number of urea groups is 1. The molecule has 1 aromatic carbocycles. The zero-order chi connectivity index (χ0) is 15.8. The van der Waals surface area contributed by atoms with Gasteiger partial charge in [-0.2, -0.15) is 0 Å². The van der Waals surface area contributed by atoms with Gasteiger partial charge in [0.25, 0.3) is 0 Å². The number of benzene rings is 1. The van der Waals surface area contributed by atoms with Crippen molar-refractivity contribution in [1.29, 1.82) is 0 Å². The molecule has 2 rings (SSSR count). The maximum atomic E-state index is 12.3. The summed E-state index contributed by atoms with van der Waals surface area (Å²) in [5.41, 5.74) is 2.14. The van der Waals surface area contributed by atoms with Gasteiger partial charge in [0.2, 0.25) is 0 Å². The lowest BCUT2D eigenvalue weighted by atomic mass is 10.1. The van der Waals surface area contributed by atoms with E-state index in [9.17, 15) is 4.79 Å². The summed E-state index contributed by atoms with van der Waals surface area (Å²) in [6.07, 6.45) is 3.44. The zero-order valence-electron chi connectivity index (χ0n) is 13.5. The first-order chi connectivity index (χ1) is 10.7. The fraction of sp³-hybridized carbons (Fsp3) is 0.588. The number of morpholine rings is 1. The molecule has 1 aliphatic heterocycles. The number of nitrogens with zero attached hydrogens (tertiary/aromatic N) is 1. The van der Waals surface area contributed by atoms with E-state index in [0.717, 1.165) is 12.1 Å². The molecule has 0 radical (unpaired) electrons. The van der Waals surface area contributed by atoms with Crippen LogP contribution in [0, 0.1) is 0 Å². The van der Waals surface area contributed by atoms with Crippen LogP contribution in [0.4, 0.5) is 10.5 Å². The second-order valence-electron chi connectivity index (χ2n) is 5.62. The van der Waals surface area contributed by atoms with E-state index < -0.39 is 0 Å². The van der Waals surface area contributed by atoms with Crippen molar-refractivity contribution >= 4 is 11.7 Å². The first kappa shape index (κ1) is 16.8. The predicted molar refractivity (Wildman–Crippen MR) is 87.3 cm³/mol. The molecule has 0 aliphatic carbocycles. The van der Waals surface area contributed by atoms with Crippen molar-refractivity contribution in [1.82, 2.24) is 4.90 Å². The number of hydrogen-bond acceptors (Lipinski definition) is 3. The van der Waals surface area contributed by atoms with Crippen molar-refractivity contribution in [3.05, 3.63) is 29.8 Å². The Morgan fingerprint density at radius 1 is 1.41 bits per heavy atom. The third kappa shape index (κ3) is 5.00. The molecule has 0 spiro atoms. The van der Waals surface area contributed by atoms with E-state index in [-0.39, 0.29) is 12.1 Å². The lowest BCUT2D eigenvalue weighted by Gasteiger charge is -2.32. The van der Waals surface area contributed by atoms with Crippen LogP contribution < -0.4 is 5.32 Å². The Bertz CT molecular complexity index is 459. The number of carbonyl (C=O) groups excluding carboxylic acids is 1. The summed E-state index contributed by atoms with van der Waals surface area (Å²) in [4.78, 5) is 14.1. The Morgan fingerprint density at radius 3 is 2.86 bits per heavy atom. The van der Waals surface area contributed by atoms with Crippen LogP contribution in [0.1, 0.15) is 25.3 Å². The number of ether oxygens (including phenoxy) is 2. The molecule has 22 heavy (non-hydrogen) atoms. The fourth-order valence-corrected chi connectivity index (χ4v) is 2.53. The number of anilines is 1. The summed E-state index contributed by atoms with van der Waals surface area (Å²) >= 11 is 0. The highest BCUT2D eigenvalue weighted by atomic mass is 16.5. The lowest BCUT2D eigenvalue weighted by Crippen LogP contribution is -2.48. The molecule has 1 atom stereocenters. The lowest BCUT2D eigenvalue weighted by molar-refractivity contribution is -0.0481. The summed E-state index contributed by atoms with van der Waals surface area (Å²) in [7, 11) is 1.64. The smallest absolute Gasteiger partial charge is 0.322 e. The molecule has 0 saturated carbocycles. The number of methoxy groups -OCH3 is 1. The van der Waals surface area contributed by atoms with Crippen LogP contribution in [0.15, 0.2) is 24.3 Å². The average molecular weight is 306 g/mol. The van der Waals surface area contributed by atoms with E-state index in [0.29, 0.717) is 26.3 Å². The van der Waals surface area contributed by atoms with Gasteiger partial charge in [-0.3, -0.25) is 0 Å². The minimum absolute atomic E-state index is 0.0408. The molecule has 5 heteroatoms. The van der Waals surface area contributed by atoms with Crippen molar-refractivity contribution in [2.24, 2.45) is 0 Å². The molecular formula is C17H26N2O3. The standard InChI is InChI=1S/C17H26N2O3/c1-3-4-5-14-6-8-15(9-7-14)18-17(20)19-10-11-22-16(12-19)13-21-2/h6-9,16H,3-5,10-13H2,1-2H3,(H,18,20)/t16-/m0/s1. The summed E-state index contributed by atoms with van der Waals surface area (Å²) in [5, 5.41) is 2.95. The SMILES string of the molecule is CCCCc1ccc(NC(=O)N2CCO[C@H](COC)C2)cc1. The molecule has 0 unspecified atom stereocenters. The molecule has 1 aromatic rings. The van der Waals surface area contributed by atoms with Gasteiger partial charge in [0, 0.05) is 19.3 Å². The Hall–Kier alpha value is -1.59. The number of aryl methyl sites for hydroxylation is 1. The van der Waals surface area contributed by atoms with Gasteiger partial charge >= 0.3 is 6.03 Å². The van der Waals surface area contributed by atoms with Crippen molar-refractivity contribution in [2.75, 3.05) is 38.7 Å². The molecule has 2 amide bonds. The van der Waals surface area contributed by atoms with E-state index in [1.807, 2.05) is 12.1 Å². The number of carbonyl (C=O) groups is 1. The predicted octanol–water partition coefficient (Wildman–Crippen LogP) is 2.91. The highest BCUT2D eigenvalue weighted by Gasteiger charge is 2.24. The maximum absolute atomic E-state index is 12.3. The van der Waals surface area contributed by atoms with Crippen LogP contribution in [0.25, 0.3) is 0 Å². The first-order valence-electron chi connectivity index (χ1n) is 7.98. The Balaban J connectivity index is 1.85. The molecule has 5 nitrogen and oxygen atoms in total. The highest BCUT2D eigenvalue weighted by Crippen LogP contribution is 2.14. The molecule has 0 bridgehead atoms. The van der Waals surface area contributed by atoms with E-state index in [2.05, 4.69) is 24.4 Å². The number of unbranched alkanes of at least 4 members (excludes halogenated alkanes) is 1. The quantitative estimate of drug-likeness (QED) is 0.879. The number of hydrogen-bond donors (Lipinski definition) is 1. The second-order valence-corrected chi connectivity index (χ2v) is 5.62. The van der Waals surface area contributed by atoms with Crippen LogP contribution in [0.5, 0.6) is 0 Å². The number of rotatable bonds is 6. The molecule has 0 aromatic heterocycles. The van der Waals surface area contributed by atoms with E-state index in [1.165, 1.54) is 18.4 Å². The number of nitrogens with one attached hydrogen (secondary N) is 1. The minimum atomic E-state index is -0.0780. The van der Waals surface area contributed by atoms with E-state index in [4.69, 9.17) is 9.47 Å². The molecule has 1 aliphatic rings. The zero-order valence-corrected chi connectivity index (χ0v) is 13.5. The van der Waals surface area contributed by atoms with Gasteiger partial charge in [0.1, 0.15) is 0 Å². The van der Waals surface area contributed by atoms with Gasteiger partial charge in [-0.25, -0.2) is 4.79 Å². The molecule has 122 valence electrons. The maximum Gasteiger partial charge on any atom is 0.322 e. The largest absolute Gasteiger partial charge is 0.382 e. The molecule has 1 saturated heterocycles. The third-order valence-corrected chi connectivity index (χ3v) is 3.80. The van der Waals surface area contributed by atoms with E-state index >= 15 is 0 Å². The molecule has 1 heterocycles. The minimum Gasteiger partial charge on any atom is -0.382 e. The van der Waals surface area contributed by atoms with E-state index in [1.54, 1.807) is 12.0 Å². The first-order valence-corrected chi connectivity index (χ1v) is 7.98. The topological polar surface area (TPSA) is 50.8 Å². The van der Waals surface area contributed by atoms with Crippen molar-refractivity contribution < 1.29 is 14.3 Å². The van der Waals surface area contributed by atoms with Gasteiger partial charge in [0.05, 0.1) is 25.9 Å². The van der Waals surface area contributed by atoms with Gasteiger partial charge in [-0.05, 0) is 30.5 Å². The molecule has 1 N–H and O–H groups in total. The van der Waals surface area contributed by atoms with Gasteiger partial charge in [0.15, 0.2) is 0 Å². The molecule has 1 fully saturated rings. The van der Waals surface area contributed by atoms with Gasteiger partial charge < -0.3 is 19.7 Å². The van der Waals surface area contributed by atoms with Crippen molar-refractivity contribution in [3.63, 3.8) is 0 Å². The summed E-state index contributed by atoms with van der Waals surface area (Å²) < 4.78 is 10.6. The summed E-state index contributed by atoms with van der Waals surface area (Å²) in [6.45, 7) is 4.43. The summed E-state index contributed by atoms with van der Waals surface area (Å²) in [6, 6.07) is 8.02. The van der Waals surface area contributed by atoms with Crippen LogP contribution in [-0.4, -0.2) is 50.4 Å². The normalized spacial score (nSPS) is 18.3. The Morgan fingerprint density at radius 2 is 2.18 bits per heavy atom. The second kappa shape index (κ2) is 8.76. The fourth-order valence-electron chi connectivity index (χ4n) is 2.53.